The number of hydrogen-bond donors (Lipinski definition) is 3. The largest absolute Gasteiger partial charge is 0.326 e. The first-order chi connectivity index (χ1) is 9.69. The Hall–Kier alpha value is -2.30. The van der Waals surface area contributed by atoms with E-state index in [0.29, 0.717) is 17.4 Å². The van der Waals surface area contributed by atoms with E-state index < -0.39 is 0 Å². The molecule has 102 valence electrons. The van der Waals surface area contributed by atoms with Crippen LogP contribution in [0.4, 0.5) is 5.69 Å². The fourth-order valence-electron chi connectivity index (χ4n) is 3.43. The van der Waals surface area contributed by atoms with Gasteiger partial charge in [0.1, 0.15) is 0 Å². The first-order valence-electron chi connectivity index (χ1n) is 6.90. The zero-order valence-corrected chi connectivity index (χ0v) is 10.8. The highest BCUT2D eigenvalue weighted by molar-refractivity contribution is 5.95. The van der Waals surface area contributed by atoms with E-state index in [0.717, 1.165) is 24.0 Å². The minimum Gasteiger partial charge on any atom is -0.326 e. The molecule has 0 aliphatic heterocycles. The van der Waals surface area contributed by atoms with Gasteiger partial charge >= 0.3 is 5.69 Å². The van der Waals surface area contributed by atoms with Gasteiger partial charge in [0.2, 0.25) is 5.91 Å². The van der Waals surface area contributed by atoms with Gasteiger partial charge in [0.25, 0.3) is 0 Å². The minimum atomic E-state index is -0.235. The number of anilines is 1. The maximum absolute atomic E-state index is 12.3. The Morgan fingerprint density at radius 2 is 2.00 bits per heavy atom. The Morgan fingerprint density at radius 1 is 1.15 bits per heavy atom. The van der Waals surface area contributed by atoms with Gasteiger partial charge in [-0.05, 0) is 42.9 Å². The van der Waals surface area contributed by atoms with Crippen LogP contribution in [0.1, 0.15) is 12.8 Å². The van der Waals surface area contributed by atoms with Crippen LogP contribution in [0.2, 0.25) is 0 Å². The number of carbonyl (C=O) groups is 1. The summed E-state index contributed by atoms with van der Waals surface area (Å²) in [6.07, 6.45) is 6.47. The average Bonchev–Trinajstić information content (AvgIpc) is 3.11. The average molecular weight is 269 g/mol. The van der Waals surface area contributed by atoms with E-state index in [2.05, 4.69) is 27.4 Å². The standard InChI is InChI=1S/C15H15N3O2/c19-14(11-6-8-1-2-9(11)5-8)16-10-3-4-12-13(7-10)18-15(20)17-12/h1-4,7-9,11H,5-6H2,(H,16,19)(H2,17,18,20)/t8-,9-,11-/m0/s1. The van der Waals surface area contributed by atoms with Crippen molar-refractivity contribution in [2.75, 3.05) is 5.32 Å². The van der Waals surface area contributed by atoms with Gasteiger partial charge in [-0.15, -0.1) is 0 Å². The summed E-state index contributed by atoms with van der Waals surface area (Å²) < 4.78 is 0. The van der Waals surface area contributed by atoms with Crippen LogP contribution in [0.25, 0.3) is 11.0 Å². The zero-order valence-electron chi connectivity index (χ0n) is 10.8. The Bertz CT molecular complexity index is 771. The lowest BCUT2D eigenvalue weighted by atomic mass is 9.93. The van der Waals surface area contributed by atoms with Crippen LogP contribution in [0.15, 0.2) is 35.1 Å². The molecule has 3 atom stereocenters. The number of aromatic nitrogens is 2. The van der Waals surface area contributed by atoms with Crippen molar-refractivity contribution < 1.29 is 4.79 Å². The van der Waals surface area contributed by atoms with Crippen LogP contribution in [-0.4, -0.2) is 15.9 Å². The van der Waals surface area contributed by atoms with E-state index in [9.17, 15) is 9.59 Å². The van der Waals surface area contributed by atoms with Crippen LogP contribution in [0, 0.1) is 17.8 Å². The summed E-state index contributed by atoms with van der Waals surface area (Å²) in [6, 6.07) is 5.39. The lowest BCUT2D eigenvalue weighted by Gasteiger charge is -2.17. The van der Waals surface area contributed by atoms with Crippen molar-refractivity contribution in [3.63, 3.8) is 0 Å². The molecule has 1 fully saturated rings. The number of amides is 1. The molecule has 2 bridgehead atoms. The molecular weight excluding hydrogens is 254 g/mol. The summed E-state index contributed by atoms with van der Waals surface area (Å²) in [7, 11) is 0. The summed E-state index contributed by atoms with van der Waals surface area (Å²) in [5.74, 6) is 1.15. The monoisotopic (exact) mass is 269 g/mol. The maximum atomic E-state index is 12.3. The quantitative estimate of drug-likeness (QED) is 0.729. The van der Waals surface area contributed by atoms with E-state index in [1.807, 2.05) is 6.07 Å². The lowest BCUT2D eigenvalue weighted by Crippen LogP contribution is -2.25. The van der Waals surface area contributed by atoms with Crippen LogP contribution < -0.4 is 11.0 Å². The molecule has 3 N–H and O–H groups in total. The second-order valence-electron chi connectivity index (χ2n) is 5.72. The van der Waals surface area contributed by atoms with E-state index in [1.165, 1.54) is 0 Å². The molecule has 4 rings (SSSR count). The number of rotatable bonds is 2. The molecule has 1 saturated carbocycles. The predicted octanol–water partition coefficient (Wildman–Crippen LogP) is 2.01. The molecule has 1 amide bonds. The third kappa shape index (κ3) is 1.78. The van der Waals surface area contributed by atoms with E-state index in [4.69, 9.17) is 0 Å². The number of carbonyl (C=O) groups excluding carboxylic acids is 1. The van der Waals surface area contributed by atoms with Crippen LogP contribution in [-0.2, 0) is 4.79 Å². The molecule has 1 aromatic heterocycles. The minimum absolute atomic E-state index is 0.0825. The third-order valence-electron chi connectivity index (χ3n) is 4.40. The van der Waals surface area contributed by atoms with E-state index >= 15 is 0 Å². The number of benzene rings is 1. The number of hydrogen-bond acceptors (Lipinski definition) is 2. The van der Waals surface area contributed by atoms with Crippen LogP contribution in [0.3, 0.4) is 0 Å². The number of fused-ring (bicyclic) bond motifs is 3. The molecule has 1 aromatic carbocycles. The fourth-order valence-corrected chi connectivity index (χ4v) is 3.43. The smallest absolute Gasteiger partial charge is 0.323 e. The maximum Gasteiger partial charge on any atom is 0.323 e. The molecule has 5 nitrogen and oxygen atoms in total. The highest BCUT2D eigenvalue weighted by Crippen LogP contribution is 2.43. The van der Waals surface area contributed by atoms with Gasteiger partial charge in [0.05, 0.1) is 11.0 Å². The molecule has 2 aliphatic rings. The first-order valence-corrected chi connectivity index (χ1v) is 6.90. The van der Waals surface area contributed by atoms with Gasteiger partial charge in [-0.3, -0.25) is 4.79 Å². The summed E-state index contributed by atoms with van der Waals surface area (Å²) in [5.41, 5.74) is 1.95. The lowest BCUT2D eigenvalue weighted by molar-refractivity contribution is -0.120. The molecule has 0 saturated heterocycles. The van der Waals surface area contributed by atoms with Gasteiger partial charge < -0.3 is 15.3 Å². The Balaban J connectivity index is 1.56. The van der Waals surface area contributed by atoms with Crippen molar-refractivity contribution in [3.8, 4) is 0 Å². The van der Waals surface area contributed by atoms with Crippen molar-refractivity contribution >= 4 is 22.6 Å². The number of aromatic amines is 2. The summed E-state index contributed by atoms with van der Waals surface area (Å²) >= 11 is 0. The van der Waals surface area contributed by atoms with Crippen molar-refractivity contribution in [2.24, 2.45) is 17.8 Å². The number of imidazole rings is 1. The van der Waals surface area contributed by atoms with Crippen LogP contribution >= 0.6 is 0 Å². The molecule has 0 radical (unpaired) electrons. The highest BCUT2D eigenvalue weighted by Gasteiger charge is 2.39. The highest BCUT2D eigenvalue weighted by atomic mass is 16.2. The Kier molecular flexibility index (Phi) is 2.36. The Labute approximate surface area is 115 Å². The number of H-pyrrole nitrogens is 2. The molecule has 2 aromatic rings. The molecule has 20 heavy (non-hydrogen) atoms. The molecule has 5 heteroatoms. The second kappa shape index (κ2) is 4.10. The van der Waals surface area contributed by atoms with E-state index in [1.54, 1.807) is 12.1 Å². The molecule has 2 aliphatic carbocycles. The zero-order chi connectivity index (χ0) is 13.7. The molecule has 1 heterocycles. The van der Waals surface area contributed by atoms with Crippen LogP contribution in [0.5, 0.6) is 0 Å². The molecule has 0 unspecified atom stereocenters. The fraction of sp³-hybridized carbons (Fsp3) is 0.333. The number of nitrogens with one attached hydrogen (secondary N) is 3. The molecule has 0 spiro atoms. The SMILES string of the molecule is O=C(Nc1ccc2[nH]c(=O)[nH]c2c1)[C@H]1C[C@H]2C=C[C@H]1C2. The van der Waals surface area contributed by atoms with Gasteiger partial charge in [-0.2, -0.15) is 0 Å². The molecular formula is C15H15N3O2. The van der Waals surface area contributed by atoms with Crippen molar-refractivity contribution in [1.82, 2.24) is 9.97 Å². The third-order valence-corrected chi connectivity index (χ3v) is 4.40. The van der Waals surface area contributed by atoms with Crippen molar-refractivity contribution in [1.29, 1.82) is 0 Å². The Morgan fingerprint density at radius 3 is 2.75 bits per heavy atom. The second-order valence-corrected chi connectivity index (χ2v) is 5.72. The summed E-state index contributed by atoms with van der Waals surface area (Å²) in [5, 5.41) is 2.96. The van der Waals surface area contributed by atoms with Gasteiger partial charge in [-0.1, -0.05) is 12.2 Å². The van der Waals surface area contributed by atoms with E-state index in [-0.39, 0.29) is 17.5 Å². The van der Waals surface area contributed by atoms with Crippen molar-refractivity contribution in [2.45, 2.75) is 12.8 Å². The van der Waals surface area contributed by atoms with Gasteiger partial charge in [0, 0.05) is 11.6 Å². The van der Waals surface area contributed by atoms with Gasteiger partial charge in [-0.25, -0.2) is 4.79 Å². The van der Waals surface area contributed by atoms with Crippen molar-refractivity contribution in [3.05, 3.63) is 40.8 Å². The normalized spacial score (nSPS) is 27.3. The topological polar surface area (TPSA) is 77.8 Å². The van der Waals surface area contributed by atoms with Gasteiger partial charge in [0.15, 0.2) is 0 Å². The number of allylic oxidation sites excluding steroid dienone is 2. The first kappa shape index (κ1) is 11.5. The summed E-state index contributed by atoms with van der Waals surface area (Å²) in [6.45, 7) is 0. The predicted molar refractivity (Wildman–Crippen MR) is 76.4 cm³/mol. The summed E-state index contributed by atoms with van der Waals surface area (Å²) in [4.78, 5) is 28.9.